The second kappa shape index (κ2) is 7.82. The molecule has 7 heteroatoms. The van der Waals surface area contributed by atoms with Gasteiger partial charge in [0, 0.05) is 32.4 Å². The number of hydrogen-bond acceptors (Lipinski definition) is 3. The van der Waals surface area contributed by atoms with E-state index >= 15 is 0 Å². The van der Waals surface area contributed by atoms with Crippen molar-refractivity contribution in [3.63, 3.8) is 0 Å². The van der Waals surface area contributed by atoms with Gasteiger partial charge in [0.2, 0.25) is 0 Å². The number of hydrogen-bond donors (Lipinski definition) is 1. The Labute approximate surface area is 156 Å². The lowest BCUT2D eigenvalue weighted by atomic mass is 10.1. The number of aromatic nitrogens is 2. The summed E-state index contributed by atoms with van der Waals surface area (Å²) in [5, 5.41) is 6.84. The molecule has 1 heterocycles. The molecule has 0 aliphatic carbocycles. The van der Waals surface area contributed by atoms with Gasteiger partial charge in [-0.15, -0.1) is 0 Å². The van der Waals surface area contributed by atoms with E-state index in [1.54, 1.807) is 55.5 Å². The predicted molar refractivity (Wildman–Crippen MR) is 99.2 cm³/mol. The lowest BCUT2D eigenvalue weighted by Crippen LogP contribution is -2.26. The number of nitrogens with zero attached hydrogens (tertiary/aromatic N) is 3. The Hall–Kier alpha value is -3.48. The van der Waals surface area contributed by atoms with Gasteiger partial charge >= 0.3 is 0 Å². The fourth-order valence-corrected chi connectivity index (χ4v) is 2.62. The fraction of sp³-hybridized carbons (Fsp3) is 0.150. The number of halogens is 1. The molecule has 138 valence electrons. The molecule has 0 aliphatic heterocycles. The summed E-state index contributed by atoms with van der Waals surface area (Å²) in [5.41, 5.74) is 2.43. The van der Waals surface area contributed by atoms with Crippen LogP contribution in [0, 0.1) is 5.82 Å². The molecule has 3 aromatic rings. The third-order valence-corrected chi connectivity index (χ3v) is 4.11. The second-order valence-electron chi connectivity index (χ2n) is 6.06. The molecule has 0 aliphatic rings. The maximum absolute atomic E-state index is 13.0. The highest BCUT2D eigenvalue weighted by atomic mass is 19.1. The first-order chi connectivity index (χ1) is 13.0. The molecule has 3 rings (SSSR count). The molecule has 2 aromatic carbocycles. The Morgan fingerprint density at radius 3 is 2.37 bits per heavy atom. The van der Waals surface area contributed by atoms with Crippen LogP contribution in [0.4, 0.5) is 4.39 Å². The van der Waals surface area contributed by atoms with Crippen LogP contribution < -0.4 is 5.32 Å². The van der Waals surface area contributed by atoms with Crippen molar-refractivity contribution >= 4 is 11.8 Å². The maximum Gasteiger partial charge on any atom is 0.274 e. The van der Waals surface area contributed by atoms with Crippen molar-refractivity contribution in [2.24, 2.45) is 0 Å². The normalized spacial score (nSPS) is 10.5. The van der Waals surface area contributed by atoms with Gasteiger partial charge in [-0.3, -0.25) is 9.59 Å². The SMILES string of the molecule is CNC(=O)c1ccc(CN(C)C(=O)c2ccn(-c3ccc(F)cc3)n2)cc1. The zero-order chi connectivity index (χ0) is 19.4. The highest BCUT2D eigenvalue weighted by Crippen LogP contribution is 2.12. The maximum atomic E-state index is 13.0. The quantitative estimate of drug-likeness (QED) is 0.755. The minimum absolute atomic E-state index is 0.155. The van der Waals surface area contributed by atoms with Crippen LogP contribution in [-0.4, -0.2) is 40.6 Å². The van der Waals surface area contributed by atoms with Crippen molar-refractivity contribution in [3.8, 4) is 5.69 Å². The third kappa shape index (κ3) is 4.20. The summed E-state index contributed by atoms with van der Waals surface area (Å²) in [7, 11) is 3.26. The summed E-state index contributed by atoms with van der Waals surface area (Å²) in [6.45, 7) is 0.385. The first-order valence-electron chi connectivity index (χ1n) is 8.36. The van der Waals surface area contributed by atoms with Gasteiger partial charge in [-0.1, -0.05) is 12.1 Å². The molecule has 0 radical (unpaired) electrons. The highest BCUT2D eigenvalue weighted by Gasteiger charge is 2.16. The van der Waals surface area contributed by atoms with Crippen LogP contribution in [0.2, 0.25) is 0 Å². The van der Waals surface area contributed by atoms with E-state index in [0.717, 1.165) is 5.56 Å². The molecule has 0 fully saturated rings. The molecule has 0 saturated heterocycles. The number of nitrogens with one attached hydrogen (secondary N) is 1. The molecule has 0 atom stereocenters. The summed E-state index contributed by atoms with van der Waals surface area (Å²) in [6, 6.07) is 14.5. The topological polar surface area (TPSA) is 67.2 Å². The molecule has 2 amide bonds. The van der Waals surface area contributed by atoms with Gasteiger partial charge in [0.25, 0.3) is 11.8 Å². The monoisotopic (exact) mass is 366 g/mol. The van der Waals surface area contributed by atoms with Gasteiger partial charge in [-0.05, 0) is 48.0 Å². The van der Waals surface area contributed by atoms with Crippen LogP contribution in [0.1, 0.15) is 26.4 Å². The molecule has 27 heavy (non-hydrogen) atoms. The van der Waals surface area contributed by atoms with Crippen LogP contribution in [0.5, 0.6) is 0 Å². The number of amides is 2. The van der Waals surface area contributed by atoms with E-state index in [1.807, 2.05) is 12.1 Å². The second-order valence-corrected chi connectivity index (χ2v) is 6.06. The minimum atomic E-state index is -0.329. The average molecular weight is 366 g/mol. The van der Waals surface area contributed by atoms with E-state index in [0.29, 0.717) is 23.5 Å². The van der Waals surface area contributed by atoms with E-state index in [-0.39, 0.29) is 17.6 Å². The summed E-state index contributed by atoms with van der Waals surface area (Å²) in [5.74, 6) is -0.715. The van der Waals surface area contributed by atoms with Gasteiger partial charge in [0.1, 0.15) is 5.82 Å². The van der Waals surface area contributed by atoms with Crippen LogP contribution in [-0.2, 0) is 6.54 Å². The fourth-order valence-electron chi connectivity index (χ4n) is 2.62. The van der Waals surface area contributed by atoms with E-state index in [4.69, 9.17) is 0 Å². The summed E-state index contributed by atoms with van der Waals surface area (Å²) in [4.78, 5) is 25.7. The summed E-state index contributed by atoms with van der Waals surface area (Å²) >= 11 is 0. The van der Waals surface area contributed by atoms with E-state index in [2.05, 4.69) is 10.4 Å². The van der Waals surface area contributed by atoms with Crippen molar-refractivity contribution in [1.29, 1.82) is 0 Å². The molecule has 1 aromatic heterocycles. The standard InChI is InChI=1S/C20H19FN4O2/c1-22-19(26)15-5-3-14(4-6-15)13-24(2)20(27)18-11-12-25(23-18)17-9-7-16(21)8-10-17/h3-12H,13H2,1-2H3,(H,22,26). The summed E-state index contributed by atoms with van der Waals surface area (Å²) in [6.07, 6.45) is 1.66. The van der Waals surface area contributed by atoms with E-state index in [1.165, 1.54) is 16.8 Å². The largest absolute Gasteiger partial charge is 0.355 e. The van der Waals surface area contributed by atoms with Crippen LogP contribution in [0.15, 0.2) is 60.8 Å². The first-order valence-corrected chi connectivity index (χ1v) is 8.36. The van der Waals surface area contributed by atoms with Crippen molar-refractivity contribution in [3.05, 3.63) is 83.4 Å². The average Bonchev–Trinajstić information content (AvgIpc) is 3.18. The Balaban J connectivity index is 1.68. The van der Waals surface area contributed by atoms with Crippen molar-refractivity contribution in [2.45, 2.75) is 6.54 Å². The third-order valence-electron chi connectivity index (χ3n) is 4.11. The molecule has 6 nitrogen and oxygen atoms in total. The zero-order valence-electron chi connectivity index (χ0n) is 15.0. The molecule has 1 N–H and O–H groups in total. The molecular weight excluding hydrogens is 347 g/mol. The Morgan fingerprint density at radius 2 is 1.74 bits per heavy atom. The lowest BCUT2D eigenvalue weighted by Gasteiger charge is -2.16. The van der Waals surface area contributed by atoms with Crippen LogP contribution in [0.3, 0.4) is 0 Å². The Bertz CT molecular complexity index is 949. The molecule has 0 saturated carbocycles. The number of carbonyl (C=O) groups excluding carboxylic acids is 2. The van der Waals surface area contributed by atoms with Gasteiger partial charge in [0.15, 0.2) is 5.69 Å². The molecule has 0 spiro atoms. The van der Waals surface area contributed by atoms with Crippen LogP contribution >= 0.6 is 0 Å². The van der Waals surface area contributed by atoms with Crippen LogP contribution in [0.25, 0.3) is 5.69 Å². The number of benzene rings is 2. The smallest absolute Gasteiger partial charge is 0.274 e. The van der Waals surface area contributed by atoms with Crippen molar-refractivity contribution in [1.82, 2.24) is 20.0 Å². The minimum Gasteiger partial charge on any atom is -0.355 e. The molecule has 0 unspecified atom stereocenters. The lowest BCUT2D eigenvalue weighted by molar-refractivity contribution is 0.0778. The van der Waals surface area contributed by atoms with Crippen molar-refractivity contribution < 1.29 is 14.0 Å². The summed E-state index contributed by atoms with van der Waals surface area (Å²) < 4.78 is 14.6. The molecular formula is C20H19FN4O2. The predicted octanol–water partition coefficient (Wildman–Crippen LogP) is 2.64. The van der Waals surface area contributed by atoms with Crippen molar-refractivity contribution in [2.75, 3.05) is 14.1 Å². The van der Waals surface area contributed by atoms with Gasteiger partial charge in [-0.25, -0.2) is 9.07 Å². The Morgan fingerprint density at radius 1 is 1.07 bits per heavy atom. The van der Waals surface area contributed by atoms with E-state index < -0.39 is 0 Å². The van der Waals surface area contributed by atoms with Gasteiger partial charge in [-0.2, -0.15) is 5.10 Å². The van der Waals surface area contributed by atoms with Gasteiger partial charge < -0.3 is 10.2 Å². The number of rotatable bonds is 5. The first kappa shape index (κ1) is 18.3. The van der Waals surface area contributed by atoms with Gasteiger partial charge in [0.05, 0.1) is 5.69 Å². The number of carbonyl (C=O) groups is 2. The molecule has 0 bridgehead atoms. The zero-order valence-corrected chi connectivity index (χ0v) is 15.0. The van der Waals surface area contributed by atoms with E-state index in [9.17, 15) is 14.0 Å². The highest BCUT2D eigenvalue weighted by molar-refractivity contribution is 5.94. The Kier molecular flexibility index (Phi) is 5.30.